The molecule has 1 radical (unpaired) electrons. The molecule has 81 valence electrons. The van der Waals surface area contributed by atoms with Crippen LogP contribution >= 0.6 is 0 Å². The van der Waals surface area contributed by atoms with Gasteiger partial charge in [0.2, 0.25) is 0 Å². The van der Waals surface area contributed by atoms with Gasteiger partial charge in [0.15, 0.2) is 0 Å². The van der Waals surface area contributed by atoms with E-state index in [0.29, 0.717) is 5.69 Å². The summed E-state index contributed by atoms with van der Waals surface area (Å²) in [6.45, 7) is 5.89. The van der Waals surface area contributed by atoms with Gasteiger partial charge in [-0.15, -0.1) is 11.6 Å². The number of pyridine rings is 1. The number of nitrogens with two attached hydrogens (primary N) is 2. The Bertz CT molecular complexity index is 283. The molecule has 5 nitrogen and oxygen atoms in total. The number of hydrogen-bond donors (Lipinski definition) is 3. The van der Waals surface area contributed by atoms with Crippen LogP contribution in [0.3, 0.4) is 0 Å². The SMILES string of the molecule is CC.Cc1[c-]cc(/C(N)=N/NN)nc1.[Y]. The first kappa shape index (κ1) is 16.9. The van der Waals surface area contributed by atoms with E-state index in [0.717, 1.165) is 5.56 Å². The van der Waals surface area contributed by atoms with Gasteiger partial charge < -0.3 is 10.7 Å². The standard InChI is InChI=1S/C7H10N5.C2H6.Y/c1-5-2-3-6(10-4-5)7(8)11-12-9;1-2;/h3-4,12H,9H2,1H3,(H2,8,11);1-2H3;/q-1;;. The van der Waals surface area contributed by atoms with Gasteiger partial charge in [-0.3, -0.25) is 0 Å². The number of aromatic nitrogens is 1. The molecule has 0 aliphatic carbocycles. The number of hydrogen-bond acceptors (Lipinski definition) is 4. The van der Waals surface area contributed by atoms with Crippen LogP contribution in [0.15, 0.2) is 17.4 Å². The maximum Gasteiger partial charge on any atom is 0.113 e. The Morgan fingerprint density at radius 3 is 2.53 bits per heavy atom. The van der Waals surface area contributed by atoms with Gasteiger partial charge in [-0.1, -0.05) is 27.0 Å². The molecule has 0 aromatic carbocycles. The van der Waals surface area contributed by atoms with E-state index in [1.807, 2.05) is 20.8 Å². The minimum Gasteiger partial charge on any atom is -0.391 e. The number of nitrogens with zero attached hydrogens (tertiary/aromatic N) is 2. The van der Waals surface area contributed by atoms with Crippen molar-refractivity contribution in [1.29, 1.82) is 0 Å². The third-order valence-electron chi connectivity index (χ3n) is 1.28. The Morgan fingerprint density at radius 1 is 1.53 bits per heavy atom. The largest absolute Gasteiger partial charge is 0.391 e. The third kappa shape index (κ3) is 6.54. The Balaban J connectivity index is 0. The second-order valence-electron chi connectivity index (χ2n) is 2.24. The quantitative estimate of drug-likeness (QED) is 0.239. The molecule has 0 amide bonds. The van der Waals surface area contributed by atoms with E-state index in [9.17, 15) is 0 Å². The summed E-state index contributed by atoms with van der Waals surface area (Å²) < 4.78 is 0. The predicted octanol–water partition coefficient (Wildman–Crippen LogP) is 0.298. The van der Waals surface area contributed by atoms with E-state index < -0.39 is 0 Å². The molecule has 1 rings (SSSR count). The summed E-state index contributed by atoms with van der Waals surface area (Å²) >= 11 is 0. The molecule has 6 heteroatoms. The second kappa shape index (κ2) is 10.0. The van der Waals surface area contributed by atoms with Crippen molar-refractivity contribution < 1.29 is 32.7 Å². The summed E-state index contributed by atoms with van der Waals surface area (Å²) in [4.78, 5) is 4.01. The van der Waals surface area contributed by atoms with Gasteiger partial charge in [-0.2, -0.15) is 11.2 Å². The fourth-order valence-electron chi connectivity index (χ4n) is 0.690. The zero-order valence-electron chi connectivity index (χ0n) is 9.28. The Morgan fingerprint density at radius 2 is 2.13 bits per heavy atom. The van der Waals surface area contributed by atoms with Crippen LogP contribution in [0.5, 0.6) is 0 Å². The Kier molecular flexibility index (Phi) is 11.3. The summed E-state index contributed by atoms with van der Waals surface area (Å²) in [6.07, 6.45) is 1.66. The molecule has 0 atom stereocenters. The van der Waals surface area contributed by atoms with Crippen molar-refractivity contribution in [3.63, 3.8) is 0 Å². The number of hydrazine groups is 1. The first-order valence-electron chi connectivity index (χ1n) is 4.37. The molecule has 0 bridgehead atoms. The number of hydrazone groups is 1. The van der Waals surface area contributed by atoms with Gasteiger partial charge in [0.05, 0.1) is 0 Å². The number of aryl methyl sites for hydroxylation is 1. The maximum atomic E-state index is 5.48. The van der Waals surface area contributed by atoms with E-state index in [4.69, 9.17) is 11.6 Å². The average Bonchev–Trinajstić information content (AvgIpc) is 2.22. The molecule has 0 fully saturated rings. The first-order chi connectivity index (χ1) is 6.74. The number of amidine groups is 1. The van der Waals surface area contributed by atoms with Crippen molar-refractivity contribution in [2.24, 2.45) is 16.7 Å². The van der Waals surface area contributed by atoms with Crippen LogP contribution < -0.4 is 17.1 Å². The molecule has 0 saturated heterocycles. The molecule has 0 unspecified atom stereocenters. The van der Waals surface area contributed by atoms with Gasteiger partial charge >= 0.3 is 0 Å². The summed E-state index contributed by atoms with van der Waals surface area (Å²) in [5, 5.41) is 3.56. The summed E-state index contributed by atoms with van der Waals surface area (Å²) in [6, 6.07) is 4.61. The van der Waals surface area contributed by atoms with Gasteiger partial charge in [-0.05, 0) is 5.69 Å². The van der Waals surface area contributed by atoms with Crippen LogP contribution in [0.1, 0.15) is 25.1 Å². The first-order valence-corrected chi connectivity index (χ1v) is 4.37. The number of nitrogens with one attached hydrogen (secondary N) is 1. The fourth-order valence-corrected chi connectivity index (χ4v) is 0.690. The van der Waals surface area contributed by atoms with Crippen molar-refractivity contribution in [3.05, 3.63) is 29.6 Å². The minimum atomic E-state index is 0. The summed E-state index contributed by atoms with van der Waals surface area (Å²) in [5.74, 6) is 5.19. The smallest absolute Gasteiger partial charge is 0.113 e. The molecule has 0 aliphatic rings. The molecule has 0 saturated carbocycles. The topological polar surface area (TPSA) is 89.3 Å². The van der Waals surface area contributed by atoms with E-state index in [2.05, 4.69) is 21.7 Å². The Labute approximate surface area is 116 Å². The second-order valence-corrected chi connectivity index (χ2v) is 2.24. The van der Waals surface area contributed by atoms with Crippen LogP contribution in [0.4, 0.5) is 0 Å². The van der Waals surface area contributed by atoms with Crippen LogP contribution in [0.2, 0.25) is 0 Å². The normalized spacial score (nSPS) is 9.47. The zero-order chi connectivity index (χ0) is 11.0. The molecule has 1 aromatic rings. The third-order valence-corrected chi connectivity index (χ3v) is 1.28. The fraction of sp³-hybridized carbons (Fsp3) is 0.333. The molecule has 0 spiro atoms. The van der Waals surface area contributed by atoms with Gasteiger partial charge in [0.25, 0.3) is 0 Å². The van der Waals surface area contributed by atoms with E-state index >= 15 is 0 Å². The van der Waals surface area contributed by atoms with E-state index in [1.54, 1.807) is 12.3 Å². The van der Waals surface area contributed by atoms with Crippen molar-refractivity contribution in [2.45, 2.75) is 20.8 Å². The van der Waals surface area contributed by atoms with Crippen LogP contribution in [-0.2, 0) is 32.7 Å². The van der Waals surface area contributed by atoms with Crippen molar-refractivity contribution in [3.8, 4) is 0 Å². The van der Waals surface area contributed by atoms with Crippen LogP contribution in [0, 0.1) is 13.0 Å². The molecule has 0 aliphatic heterocycles. The van der Waals surface area contributed by atoms with Crippen molar-refractivity contribution in [2.75, 3.05) is 0 Å². The van der Waals surface area contributed by atoms with E-state index in [1.165, 1.54) is 0 Å². The average molecular weight is 283 g/mol. The Hall–Kier alpha value is -0.516. The number of rotatable bonds is 2. The molecular formula is C9H16N5Y-. The van der Waals surface area contributed by atoms with Crippen molar-refractivity contribution >= 4 is 5.84 Å². The van der Waals surface area contributed by atoms with Gasteiger partial charge in [0, 0.05) is 32.7 Å². The zero-order valence-corrected chi connectivity index (χ0v) is 12.1. The maximum absolute atomic E-state index is 5.48. The monoisotopic (exact) mass is 283 g/mol. The van der Waals surface area contributed by atoms with E-state index in [-0.39, 0.29) is 38.5 Å². The molecule has 5 N–H and O–H groups in total. The van der Waals surface area contributed by atoms with Gasteiger partial charge in [0.1, 0.15) is 5.84 Å². The molecule has 15 heavy (non-hydrogen) atoms. The summed E-state index contributed by atoms with van der Waals surface area (Å²) in [7, 11) is 0. The molecular weight excluding hydrogens is 267 g/mol. The van der Waals surface area contributed by atoms with Crippen molar-refractivity contribution in [1.82, 2.24) is 10.5 Å². The predicted molar refractivity (Wildman–Crippen MR) is 57.2 cm³/mol. The van der Waals surface area contributed by atoms with Gasteiger partial charge in [-0.25, -0.2) is 11.4 Å². The van der Waals surface area contributed by atoms with Crippen LogP contribution in [0.25, 0.3) is 0 Å². The summed E-state index contributed by atoms with van der Waals surface area (Å²) in [5.41, 5.74) is 9.08. The van der Waals surface area contributed by atoms with Crippen LogP contribution in [-0.4, -0.2) is 10.8 Å². The molecule has 1 aromatic heterocycles. The minimum absolute atomic E-state index is 0. The molecule has 1 heterocycles.